The first-order valence-corrected chi connectivity index (χ1v) is 5.87. The maximum atomic E-state index is 5.90. The Morgan fingerprint density at radius 3 is 2.71 bits per heavy atom. The number of halogens is 2. The molecule has 0 amide bonds. The van der Waals surface area contributed by atoms with Crippen LogP contribution >= 0.6 is 27.5 Å². The Morgan fingerprint density at radius 2 is 2.00 bits per heavy atom. The molecule has 4 N–H and O–H groups in total. The first kappa shape index (κ1) is 12.0. The number of benzene rings is 1. The number of nitrogens with zero attached hydrogens (tertiary/aromatic N) is 1. The van der Waals surface area contributed by atoms with E-state index in [0.29, 0.717) is 32.5 Å². The van der Waals surface area contributed by atoms with E-state index in [1.807, 2.05) is 0 Å². The fraction of sp³-hybridized carbons (Fsp3) is 0. The number of ether oxygens (including phenoxy) is 1. The van der Waals surface area contributed by atoms with Gasteiger partial charge in [0.15, 0.2) is 0 Å². The molecule has 6 heteroatoms. The van der Waals surface area contributed by atoms with Crippen LogP contribution < -0.4 is 16.2 Å². The summed E-state index contributed by atoms with van der Waals surface area (Å²) < 4.78 is 6.33. The van der Waals surface area contributed by atoms with E-state index in [9.17, 15) is 0 Å². The Kier molecular flexibility index (Phi) is 3.40. The molecule has 0 radical (unpaired) electrons. The third kappa shape index (κ3) is 2.81. The fourth-order valence-corrected chi connectivity index (χ4v) is 1.68. The molecular formula is C11H9BrClN3O. The van der Waals surface area contributed by atoms with E-state index in [0.717, 1.165) is 0 Å². The second kappa shape index (κ2) is 4.81. The molecule has 0 spiro atoms. The Labute approximate surface area is 112 Å². The van der Waals surface area contributed by atoms with Gasteiger partial charge in [0.05, 0.1) is 15.2 Å². The lowest BCUT2D eigenvalue weighted by Crippen LogP contribution is -1.93. The topological polar surface area (TPSA) is 74.2 Å². The number of nitrogens with two attached hydrogens (primary N) is 2. The number of nitrogen functional groups attached to an aromatic ring is 2. The van der Waals surface area contributed by atoms with Crippen molar-refractivity contribution in [1.29, 1.82) is 0 Å². The summed E-state index contributed by atoms with van der Waals surface area (Å²) >= 11 is 9.22. The van der Waals surface area contributed by atoms with Gasteiger partial charge in [0.1, 0.15) is 17.3 Å². The second-order valence-corrected chi connectivity index (χ2v) is 4.59. The summed E-state index contributed by atoms with van der Waals surface area (Å²) in [5.41, 5.74) is 11.7. The van der Waals surface area contributed by atoms with E-state index < -0.39 is 0 Å². The van der Waals surface area contributed by atoms with Gasteiger partial charge in [-0.3, -0.25) is 0 Å². The first-order chi connectivity index (χ1) is 8.06. The largest absolute Gasteiger partial charge is 0.456 e. The molecule has 0 saturated carbocycles. The molecule has 1 heterocycles. The Hall–Kier alpha value is -1.46. The highest BCUT2D eigenvalue weighted by molar-refractivity contribution is 9.10. The molecule has 2 aromatic rings. The van der Waals surface area contributed by atoms with Crippen LogP contribution in [0.15, 0.2) is 34.9 Å². The van der Waals surface area contributed by atoms with Gasteiger partial charge in [-0.2, -0.15) is 0 Å². The summed E-state index contributed by atoms with van der Waals surface area (Å²) in [5.74, 6) is 1.53. The Bertz CT molecular complexity index is 562. The molecule has 0 unspecified atom stereocenters. The first-order valence-electron chi connectivity index (χ1n) is 4.70. The van der Waals surface area contributed by atoms with Gasteiger partial charge in [0.25, 0.3) is 0 Å². The van der Waals surface area contributed by atoms with Crippen LogP contribution in [0.5, 0.6) is 11.5 Å². The summed E-state index contributed by atoms with van der Waals surface area (Å²) in [6, 6.07) is 6.66. The van der Waals surface area contributed by atoms with Gasteiger partial charge in [-0.1, -0.05) is 11.6 Å². The smallest absolute Gasteiger partial charge is 0.146 e. The molecule has 0 aliphatic carbocycles. The van der Waals surface area contributed by atoms with Crippen LogP contribution in [0.4, 0.5) is 11.5 Å². The lowest BCUT2D eigenvalue weighted by molar-refractivity contribution is 0.479. The fourth-order valence-electron chi connectivity index (χ4n) is 1.21. The number of rotatable bonds is 2. The van der Waals surface area contributed by atoms with Crippen LogP contribution in [0.3, 0.4) is 0 Å². The van der Waals surface area contributed by atoms with E-state index in [1.54, 1.807) is 30.5 Å². The molecule has 17 heavy (non-hydrogen) atoms. The van der Waals surface area contributed by atoms with Crippen LogP contribution in [0, 0.1) is 0 Å². The highest BCUT2D eigenvalue weighted by atomic mass is 79.9. The van der Waals surface area contributed by atoms with E-state index in [-0.39, 0.29) is 0 Å². The predicted octanol–water partition coefficient (Wildman–Crippen LogP) is 3.45. The zero-order valence-corrected chi connectivity index (χ0v) is 11.0. The quantitative estimate of drug-likeness (QED) is 0.833. The van der Waals surface area contributed by atoms with Crippen molar-refractivity contribution in [3.63, 3.8) is 0 Å². The molecule has 0 saturated heterocycles. The van der Waals surface area contributed by atoms with Gasteiger partial charge in [-0.05, 0) is 28.1 Å². The number of hydrogen-bond donors (Lipinski definition) is 2. The number of hydrogen-bond acceptors (Lipinski definition) is 4. The van der Waals surface area contributed by atoms with Crippen molar-refractivity contribution in [2.24, 2.45) is 0 Å². The molecule has 2 rings (SSSR count). The minimum Gasteiger partial charge on any atom is -0.456 e. The third-order valence-corrected chi connectivity index (χ3v) is 2.96. The predicted molar refractivity (Wildman–Crippen MR) is 72.3 cm³/mol. The van der Waals surface area contributed by atoms with Gasteiger partial charge in [-0.25, -0.2) is 4.98 Å². The molecule has 0 aliphatic heterocycles. The third-order valence-electron chi connectivity index (χ3n) is 2.04. The molecule has 0 fully saturated rings. The summed E-state index contributed by atoms with van der Waals surface area (Å²) in [7, 11) is 0. The van der Waals surface area contributed by atoms with Crippen LogP contribution in [0.2, 0.25) is 5.02 Å². The maximum absolute atomic E-state index is 5.90. The van der Waals surface area contributed by atoms with Crippen molar-refractivity contribution in [2.45, 2.75) is 0 Å². The average Bonchev–Trinajstić information content (AvgIpc) is 2.29. The molecule has 88 valence electrons. The summed E-state index contributed by atoms with van der Waals surface area (Å²) in [6.07, 6.45) is 1.57. The maximum Gasteiger partial charge on any atom is 0.146 e. The average molecular weight is 315 g/mol. The van der Waals surface area contributed by atoms with Crippen molar-refractivity contribution < 1.29 is 4.74 Å². The summed E-state index contributed by atoms with van der Waals surface area (Å²) in [4.78, 5) is 3.92. The highest BCUT2D eigenvalue weighted by Gasteiger charge is 2.05. The minimum atomic E-state index is 0.379. The number of pyridine rings is 1. The van der Waals surface area contributed by atoms with Crippen molar-refractivity contribution in [3.05, 3.63) is 40.0 Å². The minimum absolute atomic E-state index is 0.379. The lowest BCUT2D eigenvalue weighted by Gasteiger charge is -2.09. The van der Waals surface area contributed by atoms with E-state index >= 15 is 0 Å². The number of anilines is 2. The number of aromatic nitrogens is 1. The van der Waals surface area contributed by atoms with Crippen LogP contribution in [0.1, 0.15) is 0 Å². The molecule has 0 aliphatic rings. The summed E-state index contributed by atoms with van der Waals surface area (Å²) in [6.45, 7) is 0. The SMILES string of the molecule is Nc1cc(Oc2ccc(N)c(Cl)c2)c(Br)cn1. The summed E-state index contributed by atoms with van der Waals surface area (Å²) in [5, 5.41) is 0.445. The van der Waals surface area contributed by atoms with E-state index in [1.165, 1.54) is 0 Å². The van der Waals surface area contributed by atoms with Gasteiger partial charge in [-0.15, -0.1) is 0 Å². The molecule has 1 aromatic heterocycles. The Balaban J connectivity index is 2.31. The van der Waals surface area contributed by atoms with Gasteiger partial charge >= 0.3 is 0 Å². The van der Waals surface area contributed by atoms with E-state index in [2.05, 4.69) is 20.9 Å². The molecule has 0 atom stereocenters. The van der Waals surface area contributed by atoms with Crippen LogP contribution in [0.25, 0.3) is 0 Å². The standard InChI is InChI=1S/C11H9BrClN3O/c12-7-5-16-11(15)4-10(7)17-6-1-2-9(14)8(13)3-6/h1-5H,14H2,(H2,15,16). The zero-order chi connectivity index (χ0) is 12.4. The van der Waals surface area contributed by atoms with Gasteiger partial charge in [0.2, 0.25) is 0 Å². The Morgan fingerprint density at radius 1 is 1.24 bits per heavy atom. The molecule has 4 nitrogen and oxygen atoms in total. The lowest BCUT2D eigenvalue weighted by atomic mass is 10.3. The molecule has 0 bridgehead atoms. The second-order valence-electron chi connectivity index (χ2n) is 3.32. The zero-order valence-electron chi connectivity index (χ0n) is 8.65. The van der Waals surface area contributed by atoms with Crippen molar-refractivity contribution in [1.82, 2.24) is 4.98 Å². The van der Waals surface area contributed by atoms with E-state index in [4.69, 9.17) is 27.8 Å². The van der Waals surface area contributed by atoms with Crippen LogP contribution in [-0.4, -0.2) is 4.98 Å². The van der Waals surface area contributed by atoms with Crippen molar-refractivity contribution in [3.8, 4) is 11.5 Å². The molecular weight excluding hydrogens is 305 g/mol. The van der Waals surface area contributed by atoms with Crippen molar-refractivity contribution in [2.75, 3.05) is 11.5 Å². The van der Waals surface area contributed by atoms with Crippen molar-refractivity contribution >= 4 is 39.0 Å². The van der Waals surface area contributed by atoms with Crippen LogP contribution in [-0.2, 0) is 0 Å². The highest BCUT2D eigenvalue weighted by Crippen LogP contribution is 2.32. The van der Waals surface area contributed by atoms with Gasteiger partial charge in [0, 0.05) is 18.3 Å². The monoisotopic (exact) mass is 313 g/mol. The molecule has 1 aromatic carbocycles. The van der Waals surface area contributed by atoms with Gasteiger partial charge < -0.3 is 16.2 Å². The normalized spacial score (nSPS) is 10.2.